The zero-order valence-electron chi connectivity index (χ0n) is 17.0. The third-order valence-electron chi connectivity index (χ3n) is 5.70. The van der Waals surface area contributed by atoms with Gasteiger partial charge in [0.1, 0.15) is 5.75 Å². The Bertz CT molecular complexity index is 1080. The highest BCUT2D eigenvalue weighted by Crippen LogP contribution is 2.35. The number of ether oxygens (including phenoxy) is 1. The number of hydrogen-bond acceptors (Lipinski definition) is 6. The molecule has 3 aromatic rings. The van der Waals surface area contributed by atoms with Crippen LogP contribution in [-0.4, -0.2) is 46.7 Å². The van der Waals surface area contributed by atoms with Crippen molar-refractivity contribution in [3.8, 4) is 17.2 Å². The summed E-state index contributed by atoms with van der Waals surface area (Å²) in [6.07, 6.45) is 2.71. The number of carbonyl (C=O) groups excluding carboxylic acids is 1. The van der Waals surface area contributed by atoms with Gasteiger partial charge in [-0.2, -0.15) is 0 Å². The molecule has 0 N–H and O–H groups in total. The van der Waals surface area contributed by atoms with Gasteiger partial charge >= 0.3 is 0 Å². The van der Waals surface area contributed by atoms with E-state index in [1.54, 1.807) is 6.07 Å². The summed E-state index contributed by atoms with van der Waals surface area (Å²) in [5, 5.41) is 8.93. The van der Waals surface area contributed by atoms with Gasteiger partial charge in [-0.25, -0.2) is 0 Å². The average molecular weight is 439 g/mol. The van der Waals surface area contributed by atoms with E-state index in [2.05, 4.69) is 15.1 Å². The molecule has 5 rings (SSSR count). The average Bonchev–Trinajstić information content (AvgIpc) is 3.27. The second-order valence-corrected chi connectivity index (χ2v) is 8.23. The van der Waals surface area contributed by atoms with Gasteiger partial charge in [-0.1, -0.05) is 35.9 Å². The molecule has 7 nitrogen and oxygen atoms in total. The quantitative estimate of drug-likeness (QED) is 0.608. The van der Waals surface area contributed by atoms with Gasteiger partial charge in [0, 0.05) is 13.1 Å². The maximum atomic E-state index is 13.1. The smallest absolute Gasteiger partial charge is 0.265 e. The van der Waals surface area contributed by atoms with Crippen LogP contribution < -0.4 is 9.64 Å². The number of halogens is 1. The summed E-state index contributed by atoms with van der Waals surface area (Å²) < 4.78 is 12.0. The first-order valence-electron chi connectivity index (χ1n) is 10.6. The molecule has 0 bridgehead atoms. The standard InChI is InChI=1S/C23H23ClN4O3/c24-17-9-3-2-8-16(17)22-26-25-21(31-22)15-28-14-20(23(29)27-12-6-1-7-13-27)30-19-11-5-4-10-18(19)28/h2-5,8-11,20H,1,6-7,12-15H2. The lowest BCUT2D eigenvalue weighted by Gasteiger charge is -2.37. The summed E-state index contributed by atoms with van der Waals surface area (Å²) in [6, 6.07) is 15.1. The number of carbonyl (C=O) groups is 1. The molecular formula is C23H23ClN4O3. The molecule has 1 atom stereocenters. The molecule has 1 fully saturated rings. The molecule has 31 heavy (non-hydrogen) atoms. The highest BCUT2D eigenvalue weighted by atomic mass is 35.5. The summed E-state index contributed by atoms with van der Waals surface area (Å²) in [7, 11) is 0. The van der Waals surface area contributed by atoms with Crippen LogP contribution in [0.3, 0.4) is 0 Å². The number of rotatable bonds is 4. The molecule has 0 radical (unpaired) electrons. The Morgan fingerprint density at radius 1 is 1.03 bits per heavy atom. The van der Waals surface area contributed by atoms with Crippen molar-refractivity contribution in [1.82, 2.24) is 15.1 Å². The van der Waals surface area contributed by atoms with E-state index in [0.29, 0.717) is 41.2 Å². The Kier molecular flexibility index (Phi) is 5.51. The van der Waals surface area contributed by atoms with Crippen LogP contribution in [0.5, 0.6) is 5.75 Å². The van der Waals surface area contributed by atoms with Gasteiger partial charge < -0.3 is 19.0 Å². The van der Waals surface area contributed by atoms with Crippen molar-refractivity contribution in [2.75, 3.05) is 24.5 Å². The van der Waals surface area contributed by atoms with E-state index < -0.39 is 6.10 Å². The number of piperidine rings is 1. The maximum absolute atomic E-state index is 13.1. The number of hydrogen-bond donors (Lipinski definition) is 0. The van der Waals surface area contributed by atoms with Crippen molar-refractivity contribution in [2.45, 2.75) is 31.9 Å². The number of nitrogens with zero attached hydrogens (tertiary/aromatic N) is 4. The Labute approximate surface area is 185 Å². The lowest BCUT2D eigenvalue weighted by atomic mass is 10.1. The minimum atomic E-state index is -0.557. The fraction of sp³-hybridized carbons (Fsp3) is 0.348. The summed E-state index contributed by atoms with van der Waals surface area (Å²) >= 11 is 6.26. The third kappa shape index (κ3) is 4.10. The van der Waals surface area contributed by atoms with Crippen LogP contribution in [0.1, 0.15) is 25.2 Å². The van der Waals surface area contributed by atoms with Crippen molar-refractivity contribution in [1.29, 1.82) is 0 Å². The van der Waals surface area contributed by atoms with Gasteiger partial charge in [-0.15, -0.1) is 10.2 Å². The molecule has 3 heterocycles. The Hall–Kier alpha value is -3.06. The third-order valence-corrected chi connectivity index (χ3v) is 6.03. The van der Waals surface area contributed by atoms with E-state index in [0.717, 1.165) is 31.6 Å². The molecule has 1 unspecified atom stereocenters. The van der Waals surface area contributed by atoms with E-state index in [1.807, 2.05) is 47.4 Å². The topological polar surface area (TPSA) is 71.7 Å². The number of para-hydroxylation sites is 2. The van der Waals surface area contributed by atoms with Crippen molar-refractivity contribution in [3.63, 3.8) is 0 Å². The van der Waals surface area contributed by atoms with Crippen LogP contribution >= 0.6 is 11.6 Å². The lowest BCUT2D eigenvalue weighted by molar-refractivity contribution is -0.139. The number of amides is 1. The fourth-order valence-electron chi connectivity index (χ4n) is 4.13. The van der Waals surface area contributed by atoms with E-state index in [-0.39, 0.29) is 5.91 Å². The van der Waals surface area contributed by atoms with Gasteiger partial charge in [-0.3, -0.25) is 4.79 Å². The molecule has 1 saturated heterocycles. The Morgan fingerprint density at radius 2 is 1.81 bits per heavy atom. The molecule has 0 aliphatic carbocycles. The first kappa shape index (κ1) is 19.9. The van der Waals surface area contributed by atoms with Crippen LogP contribution in [0.15, 0.2) is 52.9 Å². The van der Waals surface area contributed by atoms with Crippen LogP contribution in [0.25, 0.3) is 11.5 Å². The van der Waals surface area contributed by atoms with Crippen LogP contribution in [0.4, 0.5) is 5.69 Å². The van der Waals surface area contributed by atoms with Gasteiger partial charge in [0.05, 0.1) is 29.4 Å². The highest BCUT2D eigenvalue weighted by molar-refractivity contribution is 6.33. The molecule has 1 aromatic heterocycles. The minimum absolute atomic E-state index is 0.0430. The van der Waals surface area contributed by atoms with Gasteiger partial charge in [0.15, 0.2) is 6.10 Å². The largest absolute Gasteiger partial charge is 0.477 e. The van der Waals surface area contributed by atoms with Crippen molar-refractivity contribution < 1.29 is 13.9 Å². The molecule has 0 saturated carbocycles. The van der Waals surface area contributed by atoms with E-state index in [4.69, 9.17) is 20.8 Å². The predicted octanol–water partition coefficient (Wildman–Crippen LogP) is 4.17. The molecule has 160 valence electrons. The molecule has 2 aliphatic heterocycles. The molecule has 1 amide bonds. The first-order chi connectivity index (χ1) is 15.2. The second kappa shape index (κ2) is 8.59. The normalized spacial score (nSPS) is 18.4. The van der Waals surface area contributed by atoms with Gasteiger partial charge in [0.25, 0.3) is 5.91 Å². The van der Waals surface area contributed by atoms with Crippen LogP contribution in [0.2, 0.25) is 5.02 Å². The summed E-state index contributed by atoms with van der Waals surface area (Å²) in [5.41, 5.74) is 1.60. The summed E-state index contributed by atoms with van der Waals surface area (Å²) in [5.74, 6) is 1.57. The van der Waals surface area contributed by atoms with E-state index in [1.165, 1.54) is 6.42 Å². The summed E-state index contributed by atoms with van der Waals surface area (Å²) in [6.45, 7) is 2.40. The number of likely N-dealkylation sites (tertiary alicyclic amines) is 1. The fourth-order valence-corrected chi connectivity index (χ4v) is 4.34. The number of benzene rings is 2. The van der Waals surface area contributed by atoms with Crippen molar-refractivity contribution in [3.05, 3.63) is 59.4 Å². The lowest BCUT2D eigenvalue weighted by Crippen LogP contribution is -2.51. The van der Waals surface area contributed by atoms with E-state index >= 15 is 0 Å². The minimum Gasteiger partial charge on any atom is -0.477 e. The molecule has 0 spiro atoms. The summed E-state index contributed by atoms with van der Waals surface area (Å²) in [4.78, 5) is 17.1. The SMILES string of the molecule is O=C(C1CN(Cc2nnc(-c3ccccc3Cl)o2)c2ccccc2O1)N1CCCCC1. The monoisotopic (exact) mass is 438 g/mol. The molecular weight excluding hydrogens is 416 g/mol. The van der Waals surface area contributed by atoms with Gasteiger partial charge in [-0.05, 0) is 43.5 Å². The zero-order valence-corrected chi connectivity index (χ0v) is 17.8. The molecule has 2 aliphatic rings. The van der Waals surface area contributed by atoms with Gasteiger partial charge in [0.2, 0.25) is 11.8 Å². The number of aromatic nitrogens is 2. The maximum Gasteiger partial charge on any atom is 0.265 e. The number of anilines is 1. The Balaban J connectivity index is 1.38. The zero-order chi connectivity index (χ0) is 21.2. The molecule has 2 aromatic carbocycles. The Morgan fingerprint density at radius 3 is 2.65 bits per heavy atom. The molecule has 8 heteroatoms. The van der Waals surface area contributed by atoms with Crippen LogP contribution in [-0.2, 0) is 11.3 Å². The number of fused-ring (bicyclic) bond motifs is 1. The first-order valence-corrected chi connectivity index (χ1v) is 10.9. The van der Waals surface area contributed by atoms with Crippen LogP contribution in [0, 0.1) is 0 Å². The van der Waals surface area contributed by atoms with Crippen molar-refractivity contribution in [2.24, 2.45) is 0 Å². The van der Waals surface area contributed by atoms with E-state index in [9.17, 15) is 4.79 Å². The van der Waals surface area contributed by atoms with Crippen molar-refractivity contribution >= 4 is 23.2 Å². The highest BCUT2D eigenvalue weighted by Gasteiger charge is 2.34. The second-order valence-electron chi connectivity index (χ2n) is 7.82. The predicted molar refractivity (Wildman–Crippen MR) is 117 cm³/mol.